The van der Waals surface area contributed by atoms with Gasteiger partial charge < -0.3 is 9.47 Å². The SMILES string of the molecule is CS(=O)(=O)c1ccc(C2=C(c3cccc(Cl)c3)C(=O)C3(CCOCC3)O2)cc1. The number of sulfone groups is 1. The maximum Gasteiger partial charge on any atom is 0.210 e. The summed E-state index contributed by atoms with van der Waals surface area (Å²) in [5, 5.41) is 0.525. The molecule has 1 saturated heterocycles. The van der Waals surface area contributed by atoms with Gasteiger partial charge in [0.1, 0.15) is 5.76 Å². The van der Waals surface area contributed by atoms with Crippen LogP contribution in [-0.2, 0) is 24.1 Å². The fourth-order valence-electron chi connectivity index (χ4n) is 3.62. The minimum atomic E-state index is -3.31. The van der Waals surface area contributed by atoms with Crippen LogP contribution in [0.25, 0.3) is 11.3 Å². The first-order chi connectivity index (χ1) is 13.3. The number of Topliss-reactive ketones (excluding diaryl/α,β-unsaturated/α-hetero) is 1. The summed E-state index contributed by atoms with van der Waals surface area (Å²) in [6.07, 6.45) is 2.10. The molecule has 5 nitrogen and oxygen atoms in total. The third-order valence-corrected chi connectivity index (χ3v) is 6.49. The first kappa shape index (κ1) is 19.2. The van der Waals surface area contributed by atoms with Gasteiger partial charge in [-0.15, -0.1) is 0 Å². The van der Waals surface area contributed by atoms with Gasteiger partial charge in [-0.25, -0.2) is 8.42 Å². The molecule has 2 heterocycles. The highest BCUT2D eigenvalue weighted by Gasteiger charge is 2.50. The van der Waals surface area contributed by atoms with Crippen LogP contribution >= 0.6 is 11.6 Å². The summed E-state index contributed by atoms with van der Waals surface area (Å²) in [4.78, 5) is 13.6. The van der Waals surface area contributed by atoms with Gasteiger partial charge in [0.05, 0.1) is 23.7 Å². The van der Waals surface area contributed by atoms with Crippen LogP contribution < -0.4 is 0 Å². The van der Waals surface area contributed by atoms with Gasteiger partial charge in [0.25, 0.3) is 0 Å². The Morgan fingerprint density at radius 3 is 2.29 bits per heavy atom. The van der Waals surface area contributed by atoms with E-state index in [2.05, 4.69) is 0 Å². The molecule has 0 bridgehead atoms. The lowest BCUT2D eigenvalue weighted by Gasteiger charge is -2.32. The molecule has 146 valence electrons. The lowest BCUT2D eigenvalue weighted by atomic mass is 9.85. The van der Waals surface area contributed by atoms with E-state index in [4.69, 9.17) is 21.1 Å². The highest BCUT2D eigenvalue weighted by molar-refractivity contribution is 7.90. The molecule has 0 amide bonds. The van der Waals surface area contributed by atoms with Crippen LogP contribution in [0.1, 0.15) is 24.0 Å². The molecule has 28 heavy (non-hydrogen) atoms. The lowest BCUT2D eigenvalue weighted by Crippen LogP contribution is -2.42. The van der Waals surface area contributed by atoms with Gasteiger partial charge in [-0.05, 0) is 42.0 Å². The second-order valence-electron chi connectivity index (χ2n) is 7.05. The van der Waals surface area contributed by atoms with Crippen molar-refractivity contribution in [3.05, 3.63) is 64.7 Å². The van der Waals surface area contributed by atoms with Crippen molar-refractivity contribution < 1.29 is 22.7 Å². The Bertz CT molecular complexity index is 1060. The Labute approximate surface area is 168 Å². The zero-order valence-corrected chi connectivity index (χ0v) is 16.8. The fourth-order valence-corrected chi connectivity index (χ4v) is 4.44. The van der Waals surface area contributed by atoms with Crippen molar-refractivity contribution in [1.82, 2.24) is 0 Å². The topological polar surface area (TPSA) is 69.7 Å². The number of carbonyl (C=O) groups is 1. The molecule has 0 unspecified atom stereocenters. The third kappa shape index (κ3) is 3.36. The molecule has 0 aromatic heterocycles. The fraction of sp³-hybridized carbons (Fsp3) is 0.286. The van der Waals surface area contributed by atoms with Crippen molar-refractivity contribution in [3.8, 4) is 0 Å². The van der Waals surface area contributed by atoms with Gasteiger partial charge in [-0.1, -0.05) is 23.7 Å². The molecular weight excluding hydrogens is 400 g/mol. The number of rotatable bonds is 3. The van der Waals surface area contributed by atoms with Crippen molar-refractivity contribution in [3.63, 3.8) is 0 Å². The summed E-state index contributed by atoms with van der Waals surface area (Å²) < 4.78 is 35.2. The molecule has 7 heteroatoms. The molecule has 2 aliphatic heterocycles. The molecule has 0 aliphatic carbocycles. The zero-order valence-electron chi connectivity index (χ0n) is 15.3. The number of hydrogen-bond donors (Lipinski definition) is 0. The molecular formula is C21H19ClO5S. The van der Waals surface area contributed by atoms with Gasteiger partial charge >= 0.3 is 0 Å². The Morgan fingerprint density at radius 2 is 1.68 bits per heavy atom. The smallest absolute Gasteiger partial charge is 0.210 e. The second-order valence-corrected chi connectivity index (χ2v) is 9.50. The van der Waals surface area contributed by atoms with E-state index in [-0.39, 0.29) is 10.7 Å². The van der Waals surface area contributed by atoms with Gasteiger partial charge in [0.15, 0.2) is 15.4 Å². The number of hydrogen-bond acceptors (Lipinski definition) is 5. The van der Waals surface area contributed by atoms with E-state index in [1.165, 1.54) is 12.1 Å². The molecule has 0 N–H and O–H groups in total. The van der Waals surface area contributed by atoms with Gasteiger partial charge in [0, 0.05) is 29.7 Å². The average molecular weight is 419 g/mol. The van der Waals surface area contributed by atoms with Crippen molar-refractivity contribution in [2.75, 3.05) is 19.5 Å². The summed E-state index contributed by atoms with van der Waals surface area (Å²) >= 11 is 6.15. The van der Waals surface area contributed by atoms with Crippen LogP contribution in [0.15, 0.2) is 53.4 Å². The number of halogens is 1. The van der Waals surface area contributed by atoms with Gasteiger partial charge in [-0.2, -0.15) is 0 Å². The Hall–Kier alpha value is -2.15. The molecule has 0 saturated carbocycles. The summed E-state index contributed by atoms with van der Waals surface area (Å²) in [6, 6.07) is 13.5. The molecule has 1 spiro atoms. The molecule has 4 rings (SSSR count). The third-order valence-electron chi connectivity index (χ3n) is 5.12. The normalized spacial score (nSPS) is 19.1. The van der Waals surface area contributed by atoms with E-state index in [0.717, 1.165) is 6.26 Å². The molecule has 1 fully saturated rings. The van der Waals surface area contributed by atoms with Crippen molar-refractivity contribution in [1.29, 1.82) is 0 Å². The van der Waals surface area contributed by atoms with Crippen molar-refractivity contribution >= 4 is 38.6 Å². The van der Waals surface area contributed by atoms with Crippen LogP contribution in [0.2, 0.25) is 5.02 Å². The Kier molecular flexibility index (Phi) is 4.81. The maximum absolute atomic E-state index is 13.4. The minimum Gasteiger partial charge on any atom is -0.478 e. The Morgan fingerprint density at radius 1 is 1.00 bits per heavy atom. The van der Waals surface area contributed by atoms with Crippen molar-refractivity contribution in [2.24, 2.45) is 0 Å². The highest BCUT2D eigenvalue weighted by Crippen LogP contribution is 2.46. The average Bonchev–Trinajstić information content (AvgIpc) is 2.94. The maximum atomic E-state index is 13.4. The molecule has 2 aromatic carbocycles. The first-order valence-corrected chi connectivity index (χ1v) is 11.2. The van der Waals surface area contributed by atoms with Crippen LogP contribution in [-0.4, -0.2) is 39.3 Å². The second kappa shape index (κ2) is 7.03. The van der Waals surface area contributed by atoms with Crippen LogP contribution in [0.4, 0.5) is 0 Å². The van der Waals surface area contributed by atoms with Crippen molar-refractivity contribution in [2.45, 2.75) is 23.3 Å². The largest absolute Gasteiger partial charge is 0.478 e. The van der Waals surface area contributed by atoms with Gasteiger partial charge in [0.2, 0.25) is 5.78 Å². The van der Waals surface area contributed by atoms with E-state index in [1.54, 1.807) is 30.3 Å². The van der Waals surface area contributed by atoms with E-state index in [0.29, 0.717) is 53.5 Å². The molecule has 0 radical (unpaired) electrons. The molecule has 0 atom stereocenters. The monoisotopic (exact) mass is 418 g/mol. The summed E-state index contributed by atoms with van der Waals surface area (Å²) in [6.45, 7) is 0.906. The van der Waals surface area contributed by atoms with Gasteiger partial charge in [-0.3, -0.25) is 4.79 Å². The standard InChI is InChI=1S/C21H19ClO5S/c1-28(24,25)17-7-5-14(6-8-17)19-18(15-3-2-4-16(22)13-15)20(23)21(27-19)9-11-26-12-10-21/h2-8,13H,9-12H2,1H3. The van der Waals surface area contributed by atoms with Crippen LogP contribution in [0.5, 0.6) is 0 Å². The predicted molar refractivity (Wildman–Crippen MR) is 107 cm³/mol. The first-order valence-electron chi connectivity index (χ1n) is 8.92. The number of benzene rings is 2. The summed E-state index contributed by atoms with van der Waals surface area (Å²) in [7, 11) is -3.31. The lowest BCUT2D eigenvalue weighted by molar-refractivity contribution is -0.136. The highest BCUT2D eigenvalue weighted by atomic mass is 35.5. The molecule has 2 aromatic rings. The van der Waals surface area contributed by atoms with E-state index in [9.17, 15) is 13.2 Å². The minimum absolute atomic E-state index is 0.0831. The quantitative estimate of drug-likeness (QED) is 0.759. The van der Waals surface area contributed by atoms with Crippen LogP contribution in [0, 0.1) is 0 Å². The van der Waals surface area contributed by atoms with E-state index < -0.39 is 15.4 Å². The Balaban J connectivity index is 1.85. The molecule has 2 aliphatic rings. The zero-order chi connectivity index (χ0) is 19.9. The summed E-state index contributed by atoms with van der Waals surface area (Å²) in [5.74, 6) is 0.370. The van der Waals surface area contributed by atoms with E-state index in [1.807, 2.05) is 6.07 Å². The number of carbonyl (C=O) groups excluding carboxylic acids is 1. The van der Waals surface area contributed by atoms with E-state index >= 15 is 0 Å². The van der Waals surface area contributed by atoms with Crippen LogP contribution in [0.3, 0.4) is 0 Å². The number of ether oxygens (including phenoxy) is 2. The number of ketones is 1. The summed E-state index contributed by atoms with van der Waals surface area (Å²) in [5.41, 5.74) is 0.861. The predicted octanol–water partition coefficient (Wildman–Crippen LogP) is 3.76.